The van der Waals surface area contributed by atoms with Crippen LogP contribution in [0.4, 0.5) is 5.69 Å². The molecule has 82 valence electrons. The van der Waals surface area contributed by atoms with E-state index < -0.39 is 4.92 Å². The molecule has 0 bridgehead atoms. The average Bonchev–Trinajstić information content (AvgIpc) is 2.17. The van der Waals surface area contributed by atoms with Gasteiger partial charge in [-0.1, -0.05) is 11.6 Å². The summed E-state index contributed by atoms with van der Waals surface area (Å²) >= 11 is 5.70. The van der Waals surface area contributed by atoms with Crippen LogP contribution in [0.15, 0.2) is 18.2 Å². The van der Waals surface area contributed by atoms with Gasteiger partial charge >= 0.3 is 0 Å². The predicted octanol–water partition coefficient (Wildman–Crippen LogP) is 1.85. The Morgan fingerprint density at radius 3 is 2.87 bits per heavy atom. The smallest absolute Gasteiger partial charge is 0.288 e. The number of likely N-dealkylation sites (N-methyl/N-ethyl adjacent to an activating group) is 1. The van der Waals surface area contributed by atoms with Gasteiger partial charge in [0.05, 0.1) is 4.92 Å². The van der Waals surface area contributed by atoms with Crippen molar-refractivity contribution in [2.75, 3.05) is 20.2 Å². The highest BCUT2D eigenvalue weighted by atomic mass is 35.5. The Labute approximate surface area is 92.1 Å². The molecule has 0 aliphatic heterocycles. The number of hydrogen-bond acceptors (Lipinski definition) is 4. The van der Waals surface area contributed by atoms with Gasteiger partial charge in [-0.3, -0.25) is 10.1 Å². The van der Waals surface area contributed by atoms with Crippen LogP contribution in [0.1, 0.15) is 0 Å². The van der Waals surface area contributed by atoms with Crippen LogP contribution in [0.3, 0.4) is 0 Å². The van der Waals surface area contributed by atoms with Crippen LogP contribution >= 0.6 is 11.6 Å². The summed E-state index contributed by atoms with van der Waals surface area (Å²) in [6, 6.07) is 4.30. The van der Waals surface area contributed by atoms with E-state index in [2.05, 4.69) is 5.32 Å². The van der Waals surface area contributed by atoms with Crippen molar-refractivity contribution in [3.05, 3.63) is 33.3 Å². The zero-order chi connectivity index (χ0) is 11.3. The molecule has 0 amide bonds. The summed E-state index contributed by atoms with van der Waals surface area (Å²) in [5.41, 5.74) is -0.113. The van der Waals surface area contributed by atoms with Crippen LogP contribution in [0.25, 0.3) is 0 Å². The highest BCUT2D eigenvalue weighted by molar-refractivity contribution is 6.32. The summed E-state index contributed by atoms with van der Waals surface area (Å²) in [7, 11) is 1.81. The largest absolute Gasteiger partial charge is 0.492 e. The maximum Gasteiger partial charge on any atom is 0.288 e. The van der Waals surface area contributed by atoms with Gasteiger partial charge < -0.3 is 10.1 Å². The molecule has 0 heterocycles. The first-order chi connectivity index (χ1) is 7.15. The van der Waals surface area contributed by atoms with E-state index in [1.165, 1.54) is 18.2 Å². The highest BCUT2D eigenvalue weighted by Gasteiger charge is 2.12. The van der Waals surface area contributed by atoms with Crippen LogP contribution in [0.2, 0.25) is 5.02 Å². The number of rotatable bonds is 5. The maximum absolute atomic E-state index is 10.5. The molecule has 0 saturated heterocycles. The number of halogens is 1. The monoisotopic (exact) mass is 230 g/mol. The van der Waals surface area contributed by atoms with Gasteiger partial charge in [0.1, 0.15) is 17.4 Å². The third-order valence-corrected chi connectivity index (χ3v) is 2.04. The number of ether oxygens (including phenoxy) is 1. The first-order valence-electron chi connectivity index (χ1n) is 4.36. The van der Waals surface area contributed by atoms with E-state index in [1.807, 2.05) is 7.05 Å². The highest BCUT2D eigenvalue weighted by Crippen LogP contribution is 2.28. The lowest BCUT2D eigenvalue weighted by molar-refractivity contribution is -0.384. The average molecular weight is 231 g/mol. The molecule has 0 unspecified atom stereocenters. The lowest BCUT2D eigenvalue weighted by atomic mass is 10.3. The number of nitro benzene ring substituents is 1. The fourth-order valence-corrected chi connectivity index (χ4v) is 1.24. The summed E-state index contributed by atoms with van der Waals surface area (Å²) in [5.74, 6) is 0.529. The van der Waals surface area contributed by atoms with Crippen molar-refractivity contribution in [2.24, 2.45) is 0 Å². The van der Waals surface area contributed by atoms with Crippen molar-refractivity contribution in [2.45, 2.75) is 0 Å². The van der Waals surface area contributed by atoms with Crippen molar-refractivity contribution in [1.29, 1.82) is 0 Å². The minimum Gasteiger partial charge on any atom is -0.492 e. The Balaban J connectivity index is 2.69. The zero-order valence-corrected chi connectivity index (χ0v) is 8.95. The Morgan fingerprint density at radius 1 is 1.60 bits per heavy atom. The summed E-state index contributed by atoms with van der Waals surface area (Å²) in [6.07, 6.45) is 0. The second-order valence-corrected chi connectivity index (χ2v) is 3.23. The number of hydrogen-bond donors (Lipinski definition) is 1. The van der Waals surface area contributed by atoms with Gasteiger partial charge in [0, 0.05) is 18.7 Å². The van der Waals surface area contributed by atoms with Crippen LogP contribution in [-0.4, -0.2) is 25.1 Å². The summed E-state index contributed by atoms with van der Waals surface area (Å²) in [6.45, 7) is 1.19. The van der Waals surface area contributed by atoms with Crippen molar-refractivity contribution < 1.29 is 9.66 Å². The molecule has 6 heteroatoms. The Kier molecular flexibility index (Phi) is 4.33. The normalized spacial score (nSPS) is 10.0. The molecule has 5 nitrogen and oxygen atoms in total. The van der Waals surface area contributed by atoms with Crippen LogP contribution < -0.4 is 10.1 Å². The second kappa shape index (κ2) is 5.53. The molecule has 1 aromatic rings. The Morgan fingerprint density at radius 2 is 2.33 bits per heavy atom. The van der Waals surface area contributed by atoms with Gasteiger partial charge in [-0.25, -0.2) is 0 Å². The zero-order valence-electron chi connectivity index (χ0n) is 8.20. The van der Waals surface area contributed by atoms with E-state index in [9.17, 15) is 10.1 Å². The number of nitrogens with zero attached hydrogens (tertiary/aromatic N) is 1. The molecule has 1 rings (SSSR count). The second-order valence-electron chi connectivity index (χ2n) is 2.82. The number of nitro groups is 1. The number of nitrogens with one attached hydrogen (secondary N) is 1. The van der Waals surface area contributed by atoms with E-state index in [0.717, 1.165) is 0 Å². The van der Waals surface area contributed by atoms with E-state index >= 15 is 0 Å². The summed E-state index contributed by atoms with van der Waals surface area (Å²) in [5, 5.41) is 13.5. The molecule has 15 heavy (non-hydrogen) atoms. The fraction of sp³-hybridized carbons (Fsp3) is 0.333. The molecule has 0 spiro atoms. The van der Waals surface area contributed by atoms with E-state index in [-0.39, 0.29) is 10.7 Å². The fourth-order valence-electron chi connectivity index (χ4n) is 0.996. The molecule has 0 aromatic heterocycles. The van der Waals surface area contributed by atoms with E-state index in [4.69, 9.17) is 16.3 Å². The van der Waals surface area contributed by atoms with Gasteiger partial charge in [-0.05, 0) is 13.1 Å². The first-order valence-corrected chi connectivity index (χ1v) is 4.74. The van der Waals surface area contributed by atoms with Crippen LogP contribution in [-0.2, 0) is 0 Å². The van der Waals surface area contributed by atoms with Crippen LogP contribution in [0.5, 0.6) is 5.75 Å². The van der Waals surface area contributed by atoms with Crippen molar-refractivity contribution >= 4 is 17.3 Å². The third-order valence-electron chi connectivity index (χ3n) is 1.74. The Hall–Kier alpha value is -1.33. The van der Waals surface area contributed by atoms with Crippen molar-refractivity contribution in [3.63, 3.8) is 0 Å². The lowest BCUT2D eigenvalue weighted by Crippen LogP contribution is -2.15. The Bertz CT molecular complexity index is 357. The van der Waals surface area contributed by atoms with E-state index in [1.54, 1.807) is 0 Å². The molecule has 0 fully saturated rings. The van der Waals surface area contributed by atoms with Crippen molar-refractivity contribution in [1.82, 2.24) is 5.32 Å². The minimum absolute atomic E-state index is 0.0851. The van der Waals surface area contributed by atoms with Gasteiger partial charge in [0.2, 0.25) is 0 Å². The molecule has 0 radical (unpaired) electrons. The quantitative estimate of drug-likeness (QED) is 0.476. The topological polar surface area (TPSA) is 64.4 Å². The van der Waals surface area contributed by atoms with Gasteiger partial charge in [0.25, 0.3) is 5.69 Å². The van der Waals surface area contributed by atoms with Gasteiger partial charge in [0.15, 0.2) is 0 Å². The molecule has 1 aromatic carbocycles. The molecular weight excluding hydrogens is 220 g/mol. The van der Waals surface area contributed by atoms with E-state index in [0.29, 0.717) is 18.9 Å². The first kappa shape index (κ1) is 11.7. The molecule has 1 N–H and O–H groups in total. The maximum atomic E-state index is 10.5. The molecule has 0 aliphatic carbocycles. The predicted molar refractivity (Wildman–Crippen MR) is 57.5 cm³/mol. The van der Waals surface area contributed by atoms with Crippen molar-refractivity contribution in [3.8, 4) is 5.75 Å². The standard InChI is InChI=1S/C9H11ClN2O3/c1-11-4-5-15-7-2-3-9(12(13)14)8(10)6-7/h2-3,6,11H,4-5H2,1H3. The summed E-state index contributed by atoms with van der Waals surface area (Å²) in [4.78, 5) is 9.94. The molecule has 0 atom stereocenters. The molecule has 0 saturated carbocycles. The third kappa shape index (κ3) is 3.38. The lowest BCUT2D eigenvalue weighted by Gasteiger charge is -2.05. The number of benzene rings is 1. The molecular formula is C9H11ClN2O3. The summed E-state index contributed by atoms with van der Waals surface area (Å²) < 4.78 is 5.29. The molecule has 0 aliphatic rings. The minimum atomic E-state index is -0.528. The van der Waals surface area contributed by atoms with Gasteiger partial charge in [-0.15, -0.1) is 0 Å². The van der Waals surface area contributed by atoms with Crippen LogP contribution in [0, 0.1) is 10.1 Å². The van der Waals surface area contributed by atoms with Gasteiger partial charge in [-0.2, -0.15) is 0 Å². The SMILES string of the molecule is CNCCOc1ccc([N+](=O)[O-])c(Cl)c1.